The van der Waals surface area contributed by atoms with Gasteiger partial charge in [0.1, 0.15) is 0 Å². The molecule has 0 N–H and O–H groups in total. The van der Waals surface area contributed by atoms with Crippen LogP contribution in [0.25, 0.3) is 13.2 Å². The molecule has 0 aromatic carbocycles. The zero-order valence-corrected chi connectivity index (χ0v) is 9.26. The molecule has 0 aliphatic heterocycles. The van der Waals surface area contributed by atoms with Gasteiger partial charge in [0.2, 0.25) is 0 Å². The predicted molar refractivity (Wildman–Crippen MR) is 63.5 cm³/mol. The SMILES string of the molecule is C=c1ccc(=C)n1CCCCCCC. The number of hydrogen-bond acceptors (Lipinski definition) is 0. The van der Waals surface area contributed by atoms with Gasteiger partial charge < -0.3 is 4.57 Å². The van der Waals surface area contributed by atoms with E-state index in [2.05, 4.69) is 24.6 Å². The van der Waals surface area contributed by atoms with Crippen LogP contribution in [0, 0.1) is 0 Å². The summed E-state index contributed by atoms with van der Waals surface area (Å²) in [4.78, 5) is 0. The van der Waals surface area contributed by atoms with Gasteiger partial charge in [-0.05, 0) is 18.6 Å². The molecule has 78 valence electrons. The maximum atomic E-state index is 3.98. The third-order valence-electron chi connectivity index (χ3n) is 2.65. The van der Waals surface area contributed by atoms with Gasteiger partial charge in [0.15, 0.2) is 0 Å². The van der Waals surface area contributed by atoms with E-state index in [4.69, 9.17) is 0 Å². The molecule has 1 nitrogen and oxygen atoms in total. The van der Waals surface area contributed by atoms with Gasteiger partial charge in [-0.3, -0.25) is 0 Å². The molecule has 0 amide bonds. The quantitative estimate of drug-likeness (QED) is 0.608. The summed E-state index contributed by atoms with van der Waals surface area (Å²) in [7, 11) is 0. The Morgan fingerprint density at radius 1 is 1.00 bits per heavy atom. The summed E-state index contributed by atoms with van der Waals surface area (Å²) in [5.41, 5.74) is 0. The van der Waals surface area contributed by atoms with Crippen LogP contribution in [0.1, 0.15) is 39.0 Å². The first-order valence-corrected chi connectivity index (χ1v) is 5.59. The van der Waals surface area contributed by atoms with Gasteiger partial charge in [0, 0.05) is 17.2 Å². The molecule has 0 fully saturated rings. The second-order valence-corrected chi connectivity index (χ2v) is 3.88. The smallest absolute Gasteiger partial charge is 0.0338 e. The molecule has 0 saturated carbocycles. The second-order valence-electron chi connectivity index (χ2n) is 3.88. The summed E-state index contributed by atoms with van der Waals surface area (Å²) in [5, 5.41) is 2.18. The van der Waals surface area contributed by atoms with Crippen LogP contribution in [0.15, 0.2) is 12.1 Å². The molecule has 0 bridgehead atoms. The molecule has 1 aromatic heterocycles. The highest BCUT2D eigenvalue weighted by Crippen LogP contribution is 2.02. The minimum absolute atomic E-state index is 1.08. The van der Waals surface area contributed by atoms with Crippen molar-refractivity contribution in [3.8, 4) is 0 Å². The van der Waals surface area contributed by atoms with Crippen LogP contribution in [0.5, 0.6) is 0 Å². The summed E-state index contributed by atoms with van der Waals surface area (Å²) in [6.45, 7) is 11.3. The lowest BCUT2D eigenvalue weighted by atomic mass is 10.1. The van der Waals surface area contributed by atoms with Crippen molar-refractivity contribution >= 4 is 13.2 Å². The number of rotatable bonds is 6. The maximum Gasteiger partial charge on any atom is 0.0338 e. The number of unbranched alkanes of at least 4 members (excludes halogenated alkanes) is 4. The zero-order valence-electron chi connectivity index (χ0n) is 9.26. The first-order valence-electron chi connectivity index (χ1n) is 5.59. The van der Waals surface area contributed by atoms with Crippen molar-refractivity contribution in [3.05, 3.63) is 22.8 Å². The zero-order chi connectivity index (χ0) is 10.4. The van der Waals surface area contributed by atoms with Crippen molar-refractivity contribution in [1.82, 2.24) is 4.57 Å². The average Bonchev–Trinajstić information content (AvgIpc) is 2.48. The molecular weight excluding hydrogens is 170 g/mol. The lowest BCUT2D eigenvalue weighted by Gasteiger charge is -2.03. The minimum atomic E-state index is 1.08. The van der Waals surface area contributed by atoms with Gasteiger partial charge in [-0.15, -0.1) is 0 Å². The molecule has 1 heteroatoms. The monoisotopic (exact) mass is 191 g/mol. The topological polar surface area (TPSA) is 4.93 Å². The molecule has 0 saturated heterocycles. The van der Waals surface area contributed by atoms with Crippen molar-refractivity contribution < 1.29 is 0 Å². The largest absolute Gasteiger partial charge is 0.343 e. The van der Waals surface area contributed by atoms with E-state index in [1.165, 1.54) is 32.1 Å². The highest BCUT2D eigenvalue weighted by Gasteiger charge is 1.93. The van der Waals surface area contributed by atoms with Crippen molar-refractivity contribution in [2.75, 3.05) is 0 Å². The molecular formula is C13H21N. The van der Waals surface area contributed by atoms with E-state index in [-0.39, 0.29) is 0 Å². The Hall–Kier alpha value is -0.980. The fraction of sp³-hybridized carbons (Fsp3) is 0.538. The summed E-state index contributed by atoms with van der Waals surface area (Å²) >= 11 is 0. The van der Waals surface area contributed by atoms with Crippen LogP contribution in [0.3, 0.4) is 0 Å². The molecule has 1 heterocycles. The van der Waals surface area contributed by atoms with Gasteiger partial charge >= 0.3 is 0 Å². The van der Waals surface area contributed by atoms with Gasteiger partial charge in [-0.25, -0.2) is 0 Å². The Bertz CT molecular complexity index is 320. The van der Waals surface area contributed by atoms with Gasteiger partial charge in [0.05, 0.1) is 0 Å². The molecule has 1 aromatic rings. The third-order valence-corrected chi connectivity index (χ3v) is 2.65. The third kappa shape index (κ3) is 3.06. The standard InChI is InChI=1S/C13H21N/c1-4-5-6-7-8-11-14-12(2)9-10-13(14)3/h9-10H,2-8,11H2,1H3. The summed E-state index contributed by atoms with van der Waals surface area (Å²) in [6.07, 6.45) is 6.60. The second kappa shape index (κ2) is 5.69. The molecule has 0 unspecified atom stereocenters. The Labute approximate surface area is 86.8 Å². The van der Waals surface area contributed by atoms with Crippen LogP contribution >= 0.6 is 0 Å². The van der Waals surface area contributed by atoms with E-state index < -0.39 is 0 Å². The van der Waals surface area contributed by atoms with Crippen LogP contribution in [-0.4, -0.2) is 4.57 Å². The van der Waals surface area contributed by atoms with E-state index in [9.17, 15) is 0 Å². The lowest BCUT2D eigenvalue weighted by Crippen LogP contribution is -2.24. The van der Waals surface area contributed by atoms with Crippen molar-refractivity contribution in [1.29, 1.82) is 0 Å². The molecule has 0 aliphatic carbocycles. The molecule has 0 radical (unpaired) electrons. The fourth-order valence-corrected chi connectivity index (χ4v) is 1.72. The van der Waals surface area contributed by atoms with Crippen LogP contribution in [0.2, 0.25) is 0 Å². The van der Waals surface area contributed by atoms with Gasteiger partial charge in [-0.2, -0.15) is 0 Å². The first kappa shape index (κ1) is 11.1. The average molecular weight is 191 g/mol. The predicted octanol–water partition coefficient (Wildman–Crippen LogP) is 2.28. The fourth-order valence-electron chi connectivity index (χ4n) is 1.72. The highest BCUT2D eigenvalue weighted by atomic mass is 14.9. The molecule has 0 aliphatic rings. The molecule has 14 heavy (non-hydrogen) atoms. The Balaban J connectivity index is 2.32. The van der Waals surface area contributed by atoms with Crippen LogP contribution in [0.4, 0.5) is 0 Å². The summed E-state index contributed by atoms with van der Waals surface area (Å²) < 4.78 is 2.20. The van der Waals surface area contributed by atoms with Crippen LogP contribution in [-0.2, 0) is 6.54 Å². The van der Waals surface area contributed by atoms with Crippen molar-refractivity contribution in [2.24, 2.45) is 0 Å². The number of hydrogen-bond donors (Lipinski definition) is 0. The Morgan fingerprint density at radius 2 is 1.57 bits per heavy atom. The van der Waals surface area contributed by atoms with E-state index in [0.717, 1.165) is 17.2 Å². The first-order chi connectivity index (χ1) is 6.75. The van der Waals surface area contributed by atoms with Crippen LogP contribution < -0.4 is 10.7 Å². The maximum absolute atomic E-state index is 3.98. The molecule has 0 spiro atoms. The summed E-state index contributed by atoms with van der Waals surface area (Å²) in [6, 6.07) is 4.07. The molecule has 0 atom stereocenters. The Morgan fingerprint density at radius 3 is 2.14 bits per heavy atom. The molecule has 1 rings (SSSR count). The van der Waals surface area contributed by atoms with E-state index in [1.54, 1.807) is 0 Å². The lowest BCUT2D eigenvalue weighted by molar-refractivity contribution is 0.557. The Kier molecular flexibility index (Phi) is 4.51. The van der Waals surface area contributed by atoms with E-state index in [0.29, 0.717) is 0 Å². The minimum Gasteiger partial charge on any atom is -0.343 e. The number of nitrogens with zero attached hydrogens (tertiary/aromatic N) is 1. The van der Waals surface area contributed by atoms with Gasteiger partial charge in [0.25, 0.3) is 0 Å². The number of aromatic nitrogens is 1. The highest BCUT2D eigenvalue weighted by molar-refractivity contribution is 5.08. The van der Waals surface area contributed by atoms with Crippen molar-refractivity contribution in [2.45, 2.75) is 45.6 Å². The van der Waals surface area contributed by atoms with E-state index >= 15 is 0 Å². The normalized spacial score (nSPS) is 10.6. The van der Waals surface area contributed by atoms with E-state index in [1.807, 2.05) is 12.1 Å². The van der Waals surface area contributed by atoms with Gasteiger partial charge in [-0.1, -0.05) is 45.8 Å². The van der Waals surface area contributed by atoms with Crippen molar-refractivity contribution in [3.63, 3.8) is 0 Å². The summed E-state index contributed by atoms with van der Waals surface area (Å²) in [5.74, 6) is 0.